The largest absolute Gasteiger partial charge is 0.384 e. The van der Waals surface area contributed by atoms with Gasteiger partial charge in [0.1, 0.15) is 5.60 Å². The quantitative estimate of drug-likeness (QED) is 0.840. The summed E-state index contributed by atoms with van der Waals surface area (Å²) in [7, 11) is 2.16. The van der Waals surface area contributed by atoms with Crippen LogP contribution in [0.5, 0.6) is 0 Å². The predicted octanol–water partition coefficient (Wildman–Crippen LogP) is 3.26. The van der Waals surface area contributed by atoms with E-state index in [0.29, 0.717) is 5.69 Å². The summed E-state index contributed by atoms with van der Waals surface area (Å²) < 4.78 is 0. The number of hydrogen-bond donors (Lipinski definition) is 1. The molecule has 4 nitrogen and oxygen atoms in total. The van der Waals surface area contributed by atoms with Crippen LogP contribution in [0.1, 0.15) is 25.1 Å². The van der Waals surface area contributed by atoms with E-state index in [2.05, 4.69) is 46.6 Å². The number of likely N-dealkylation sites (N-methyl/N-ethyl adjacent to an activating group) is 1. The molecule has 1 aliphatic rings. The number of allylic oxidation sites excluding steroid dienone is 1. The summed E-state index contributed by atoms with van der Waals surface area (Å²) in [6, 6.07) is 13.5. The van der Waals surface area contributed by atoms with Crippen LogP contribution in [0.2, 0.25) is 0 Å². The zero-order valence-corrected chi connectivity index (χ0v) is 16.0. The topological polar surface area (TPSA) is 39.6 Å². The van der Waals surface area contributed by atoms with E-state index in [4.69, 9.17) is 0 Å². The third-order valence-electron chi connectivity index (χ3n) is 4.87. The third-order valence-corrected chi connectivity index (χ3v) is 4.87. The SMILES string of the molecule is C=CCc1cc(N2CCN(C)CC2)c[c]c1-c1cccc(C(C)(C)O)n1. The number of benzene rings is 1. The van der Waals surface area contributed by atoms with E-state index >= 15 is 0 Å². The van der Waals surface area contributed by atoms with E-state index < -0.39 is 5.60 Å². The van der Waals surface area contributed by atoms with Gasteiger partial charge >= 0.3 is 0 Å². The first-order valence-electron chi connectivity index (χ1n) is 9.18. The first-order valence-corrected chi connectivity index (χ1v) is 9.18. The lowest BCUT2D eigenvalue weighted by molar-refractivity contribution is 0.0740. The van der Waals surface area contributed by atoms with Crippen molar-refractivity contribution in [3.8, 4) is 11.3 Å². The lowest BCUT2D eigenvalue weighted by Crippen LogP contribution is -2.44. The van der Waals surface area contributed by atoms with Gasteiger partial charge in [0.15, 0.2) is 0 Å². The van der Waals surface area contributed by atoms with Crippen LogP contribution in [0.4, 0.5) is 5.69 Å². The third kappa shape index (κ3) is 4.14. The van der Waals surface area contributed by atoms with Crippen molar-refractivity contribution >= 4 is 5.69 Å². The predicted molar refractivity (Wildman–Crippen MR) is 107 cm³/mol. The summed E-state index contributed by atoms with van der Waals surface area (Å²) in [6.45, 7) is 11.6. The van der Waals surface area contributed by atoms with Gasteiger partial charge < -0.3 is 14.9 Å². The first kappa shape index (κ1) is 18.6. The number of piperazine rings is 1. The van der Waals surface area contributed by atoms with E-state index in [9.17, 15) is 5.11 Å². The smallest absolute Gasteiger partial charge is 0.101 e. The van der Waals surface area contributed by atoms with Crippen LogP contribution in [0.25, 0.3) is 11.3 Å². The van der Waals surface area contributed by atoms with Crippen molar-refractivity contribution in [2.75, 3.05) is 38.1 Å². The number of aromatic nitrogens is 1. The Morgan fingerprint density at radius 3 is 2.65 bits per heavy atom. The maximum Gasteiger partial charge on any atom is 0.101 e. The fourth-order valence-corrected chi connectivity index (χ4v) is 3.25. The van der Waals surface area contributed by atoms with Crippen molar-refractivity contribution in [1.29, 1.82) is 0 Å². The van der Waals surface area contributed by atoms with Gasteiger partial charge in [0.2, 0.25) is 0 Å². The average Bonchev–Trinajstić information content (AvgIpc) is 2.62. The number of rotatable bonds is 5. The van der Waals surface area contributed by atoms with Crippen LogP contribution >= 0.6 is 0 Å². The number of aliphatic hydroxyl groups is 1. The number of anilines is 1. The molecule has 137 valence electrons. The number of hydrogen-bond acceptors (Lipinski definition) is 4. The van der Waals surface area contributed by atoms with Gasteiger partial charge in [-0.15, -0.1) is 6.58 Å². The summed E-state index contributed by atoms with van der Waals surface area (Å²) in [5, 5.41) is 10.3. The normalized spacial score (nSPS) is 15.9. The molecule has 1 fully saturated rings. The molecule has 1 saturated heterocycles. The maximum absolute atomic E-state index is 10.3. The Hall–Kier alpha value is -2.17. The fraction of sp³-hybridized carbons (Fsp3) is 0.409. The minimum absolute atomic E-state index is 0.663. The lowest BCUT2D eigenvalue weighted by atomic mass is 9.98. The summed E-state index contributed by atoms with van der Waals surface area (Å²) in [5.74, 6) is 0. The zero-order valence-electron chi connectivity index (χ0n) is 16.0. The van der Waals surface area contributed by atoms with Crippen LogP contribution in [-0.2, 0) is 12.0 Å². The van der Waals surface area contributed by atoms with E-state index in [1.54, 1.807) is 13.8 Å². The summed E-state index contributed by atoms with van der Waals surface area (Å²) >= 11 is 0. The van der Waals surface area contributed by atoms with Crippen molar-refractivity contribution in [3.63, 3.8) is 0 Å². The van der Waals surface area contributed by atoms with Gasteiger partial charge in [0.25, 0.3) is 0 Å². The lowest BCUT2D eigenvalue weighted by Gasteiger charge is -2.34. The number of pyridine rings is 1. The Morgan fingerprint density at radius 2 is 2.00 bits per heavy atom. The van der Waals surface area contributed by atoms with Crippen LogP contribution in [0.15, 0.2) is 43.0 Å². The molecule has 1 aromatic carbocycles. The van der Waals surface area contributed by atoms with Gasteiger partial charge in [-0.3, -0.25) is 0 Å². The van der Waals surface area contributed by atoms with Crippen molar-refractivity contribution in [3.05, 3.63) is 60.3 Å². The monoisotopic (exact) mass is 350 g/mol. The molecule has 1 aliphatic heterocycles. The zero-order chi connectivity index (χ0) is 18.7. The molecule has 0 bridgehead atoms. The van der Waals surface area contributed by atoms with Crippen LogP contribution < -0.4 is 4.90 Å². The Morgan fingerprint density at radius 1 is 1.27 bits per heavy atom. The Kier molecular flexibility index (Phi) is 5.44. The Labute approximate surface area is 156 Å². The molecule has 0 saturated carbocycles. The fourth-order valence-electron chi connectivity index (χ4n) is 3.25. The summed E-state index contributed by atoms with van der Waals surface area (Å²) in [6.07, 6.45) is 2.68. The van der Waals surface area contributed by atoms with Gasteiger partial charge in [-0.25, -0.2) is 4.98 Å². The average molecular weight is 350 g/mol. The molecule has 2 heterocycles. The molecule has 1 radical (unpaired) electrons. The molecule has 1 N–H and O–H groups in total. The van der Waals surface area contributed by atoms with Crippen molar-refractivity contribution in [1.82, 2.24) is 9.88 Å². The summed E-state index contributed by atoms with van der Waals surface area (Å²) in [5.41, 5.74) is 3.89. The van der Waals surface area contributed by atoms with E-state index in [1.165, 1.54) is 5.69 Å². The van der Waals surface area contributed by atoms with Gasteiger partial charge in [0.05, 0.1) is 11.4 Å². The second-order valence-electron chi connectivity index (χ2n) is 7.51. The Balaban J connectivity index is 1.96. The molecule has 0 amide bonds. The van der Waals surface area contributed by atoms with Crippen molar-refractivity contribution in [2.45, 2.75) is 25.9 Å². The highest BCUT2D eigenvalue weighted by Crippen LogP contribution is 2.29. The van der Waals surface area contributed by atoms with Gasteiger partial charge in [-0.05, 0) is 63.2 Å². The highest BCUT2D eigenvalue weighted by molar-refractivity contribution is 5.68. The maximum atomic E-state index is 10.3. The van der Waals surface area contributed by atoms with Crippen molar-refractivity contribution in [2.24, 2.45) is 0 Å². The molecule has 0 aliphatic carbocycles. The minimum atomic E-state index is -0.964. The van der Waals surface area contributed by atoms with Gasteiger partial charge in [-0.2, -0.15) is 0 Å². The van der Waals surface area contributed by atoms with Gasteiger partial charge in [-0.1, -0.05) is 12.1 Å². The molecular weight excluding hydrogens is 322 g/mol. The molecule has 4 heteroatoms. The van der Waals surface area contributed by atoms with Gasteiger partial charge in [0, 0.05) is 37.4 Å². The minimum Gasteiger partial charge on any atom is -0.384 e. The van der Waals surface area contributed by atoms with Crippen molar-refractivity contribution < 1.29 is 5.11 Å². The summed E-state index contributed by atoms with van der Waals surface area (Å²) in [4.78, 5) is 9.44. The number of nitrogens with zero attached hydrogens (tertiary/aromatic N) is 3. The first-order chi connectivity index (χ1) is 12.4. The molecule has 3 rings (SSSR count). The van der Waals surface area contributed by atoms with E-state index in [1.807, 2.05) is 24.3 Å². The highest BCUT2D eigenvalue weighted by Gasteiger charge is 2.20. The molecule has 1 aromatic heterocycles. The molecule has 26 heavy (non-hydrogen) atoms. The van der Waals surface area contributed by atoms with E-state index in [-0.39, 0.29) is 0 Å². The highest BCUT2D eigenvalue weighted by atomic mass is 16.3. The molecule has 2 aromatic rings. The second kappa shape index (κ2) is 7.60. The standard InChI is InChI=1S/C22H28N3O/c1-5-7-17-16-18(25-14-12-24(4)13-15-25)10-11-19(17)20-8-6-9-21(23-20)22(2,3)26/h5-6,8-10,16,26H,1,7,12-15H2,2-4H3. The Bertz CT molecular complexity index is 771. The van der Waals surface area contributed by atoms with E-state index in [0.717, 1.165) is 49.4 Å². The molecule has 0 spiro atoms. The van der Waals surface area contributed by atoms with Crippen LogP contribution in [0, 0.1) is 6.07 Å². The van der Waals surface area contributed by atoms with Crippen LogP contribution in [-0.4, -0.2) is 48.2 Å². The molecule has 0 unspecified atom stereocenters. The molecule has 0 atom stereocenters. The van der Waals surface area contributed by atoms with Crippen LogP contribution in [0.3, 0.4) is 0 Å². The second-order valence-corrected chi connectivity index (χ2v) is 7.51. The molecular formula is C22H28N3O.